The molecule has 0 aliphatic carbocycles. The number of nitrogens with one attached hydrogen (secondary N) is 1. The van der Waals surface area contributed by atoms with Crippen molar-refractivity contribution < 1.29 is 8.42 Å². The van der Waals surface area contributed by atoms with Crippen molar-refractivity contribution in [3.63, 3.8) is 0 Å². The highest BCUT2D eigenvalue weighted by Crippen LogP contribution is 2.15. The molecule has 0 spiro atoms. The molecule has 1 fully saturated rings. The third-order valence-electron chi connectivity index (χ3n) is 2.57. The normalized spacial score (nSPS) is 21.3. The highest BCUT2D eigenvalue weighted by Gasteiger charge is 2.18. The van der Waals surface area contributed by atoms with Crippen molar-refractivity contribution in [2.75, 3.05) is 31.3 Å². The van der Waals surface area contributed by atoms with E-state index in [0.717, 1.165) is 25.9 Å². The summed E-state index contributed by atoms with van der Waals surface area (Å²) in [4.78, 5) is 2.27. The fourth-order valence-electron chi connectivity index (χ4n) is 1.55. The number of hydrogen-bond donors (Lipinski definition) is 1. The molecule has 0 aromatic heterocycles. The van der Waals surface area contributed by atoms with Crippen LogP contribution in [0.1, 0.15) is 12.8 Å². The Kier molecular flexibility index (Phi) is 4.82. The quantitative estimate of drug-likeness (QED) is 0.770. The summed E-state index contributed by atoms with van der Waals surface area (Å²) in [6.45, 7) is 2.73. The van der Waals surface area contributed by atoms with Crippen molar-refractivity contribution in [2.45, 2.75) is 12.8 Å². The van der Waals surface area contributed by atoms with Crippen molar-refractivity contribution in [1.29, 1.82) is 0 Å². The minimum atomic E-state index is -3.08. The first kappa shape index (κ1) is 12.4. The van der Waals surface area contributed by atoms with E-state index in [1.807, 2.05) is 0 Å². The Labute approximate surface area is 94.2 Å². The number of piperidine rings is 1. The molecule has 0 amide bonds. The minimum absolute atomic E-state index is 0.00732. The highest BCUT2D eigenvalue weighted by atomic mass is 79.9. The van der Waals surface area contributed by atoms with Crippen LogP contribution in [0.3, 0.4) is 0 Å². The van der Waals surface area contributed by atoms with Gasteiger partial charge in [0.2, 0.25) is 10.0 Å². The van der Waals surface area contributed by atoms with Crippen LogP contribution in [0, 0.1) is 5.92 Å². The third-order valence-corrected chi connectivity index (χ3v) is 5.28. The van der Waals surface area contributed by atoms with Crippen LogP contribution in [0.15, 0.2) is 0 Å². The summed E-state index contributed by atoms with van der Waals surface area (Å²) in [7, 11) is -0.983. The fourth-order valence-corrected chi connectivity index (χ4v) is 2.60. The van der Waals surface area contributed by atoms with Gasteiger partial charge in [0.05, 0.1) is 0 Å². The largest absolute Gasteiger partial charge is 0.306 e. The van der Waals surface area contributed by atoms with Gasteiger partial charge < -0.3 is 4.90 Å². The van der Waals surface area contributed by atoms with Crippen molar-refractivity contribution >= 4 is 26.0 Å². The summed E-state index contributed by atoms with van der Waals surface area (Å²) >= 11 is 2.95. The maximum Gasteiger partial charge on any atom is 0.221 e. The van der Waals surface area contributed by atoms with E-state index in [0.29, 0.717) is 12.5 Å². The molecule has 0 radical (unpaired) electrons. The van der Waals surface area contributed by atoms with E-state index in [1.165, 1.54) is 0 Å². The number of nitrogens with zero attached hydrogens (tertiary/aromatic N) is 1. The molecule has 1 heterocycles. The lowest BCUT2D eigenvalue weighted by Gasteiger charge is -2.28. The predicted molar refractivity (Wildman–Crippen MR) is 60.9 cm³/mol. The van der Waals surface area contributed by atoms with Crippen LogP contribution in [0.5, 0.6) is 0 Å². The second kappa shape index (κ2) is 5.44. The van der Waals surface area contributed by atoms with Gasteiger partial charge in [0, 0.05) is 6.54 Å². The summed E-state index contributed by atoms with van der Waals surface area (Å²) < 4.78 is 24.9. The number of likely N-dealkylation sites (tertiary alicyclic amines) is 1. The van der Waals surface area contributed by atoms with Crippen LogP contribution >= 0.6 is 15.9 Å². The number of alkyl halides is 1. The fraction of sp³-hybridized carbons (Fsp3) is 1.00. The average Bonchev–Trinajstić information content (AvgIpc) is 2.17. The van der Waals surface area contributed by atoms with Gasteiger partial charge in [0.25, 0.3) is 0 Å². The van der Waals surface area contributed by atoms with Crippen molar-refractivity contribution in [3.05, 3.63) is 0 Å². The Morgan fingerprint density at radius 3 is 2.50 bits per heavy atom. The van der Waals surface area contributed by atoms with Gasteiger partial charge in [-0.05, 0) is 38.9 Å². The topological polar surface area (TPSA) is 49.4 Å². The molecule has 14 heavy (non-hydrogen) atoms. The van der Waals surface area contributed by atoms with Crippen molar-refractivity contribution in [1.82, 2.24) is 9.62 Å². The molecule has 1 aliphatic heterocycles. The van der Waals surface area contributed by atoms with Gasteiger partial charge in [0.15, 0.2) is 0 Å². The molecule has 4 nitrogen and oxygen atoms in total. The number of sulfonamides is 1. The van der Waals surface area contributed by atoms with Crippen molar-refractivity contribution in [2.24, 2.45) is 5.92 Å². The molecule has 0 aromatic carbocycles. The first-order valence-electron chi connectivity index (χ1n) is 4.75. The lowest BCUT2D eigenvalue weighted by atomic mass is 9.98. The monoisotopic (exact) mass is 284 g/mol. The lowest BCUT2D eigenvalue weighted by molar-refractivity contribution is 0.221. The molecule has 0 unspecified atom stereocenters. The number of halogens is 1. The van der Waals surface area contributed by atoms with Gasteiger partial charge in [-0.2, -0.15) is 0 Å². The zero-order valence-corrected chi connectivity index (χ0v) is 10.8. The van der Waals surface area contributed by atoms with E-state index in [9.17, 15) is 8.42 Å². The SMILES string of the molecule is CN1CCC(CNS(=O)(=O)CBr)CC1. The van der Waals surface area contributed by atoms with Crippen LogP contribution in [-0.2, 0) is 10.0 Å². The molecule has 6 heteroatoms. The zero-order valence-electron chi connectivity index (χ0n) is 8.37. The van der Waals surface area contributed by atoms with Crippen LogP contribution < -0.4 is 4.72 Å². The third kappa shape index (κ3) is 4.25. The second-order valence-electron chi connectivity index (χ2n) is 3.82. The van der Waals surface area contributed by atoms with Crippen LogP contribution in [0.2, 0.25) is 0 Å². The van der Waals surface area contributed by atoms with Gasteiger partial charge in [0.1, 0.15) is 4.66 Å². The molecule has 0 atom stereocenters. The van der Waals surface area contributed by atoms with Crippen molar-refractivity contribution in [3.8, 4) is 0 Å². The van der Waals surface area contributed by atoms with Crippen LogP contribution in [0.25, 0.3) is 0 Å². The first-order chi connectivity index (χ1) is 6.53. The summed E-state index contributed by atoms with van der Waals surface area (Å²) in [5.41, 5.74) is 0. The van der Waals surface area contributed by atoms with E-state index < -0.39 is 10.0 Å². The molecular weight excluding hydrogens is 268 g/mol. The smallest absolute Gasteiger partial charge is 0.221 e. The summed E-state index contributed by atoms with van der Waals surface area (Å²) in [5, 5.41) is 0. The Morgan fingerprint density at radius 2 is 2.00 bits per heavy atom. The molecule has 1 saturated heterocycles. The highest BCUT2D eigenvalue weighted by molar-refractivity contribution is 9.10. The molecular formula is C8H17BrN2O2S. The van der Waals surface area contributed by atoms with E-state index in [-0.39, 0.29) is 4.66 Å². The molecule has 0 aromatic rings. The Bertz CT molecular complexity index is 261. The number of rotatable bonds is 4. The van der Waals surface area contributed by atoms with E-state index >= 15 is 0 Å². The van der Waals surface area contributed by atoms with Gasteiger partial charge in [-0.1, -0.05) is 15.9 Å². The maximum atomic E-state index is 11.1. The van der Waals surface area contributed by atoms with Gasteiger partial charge in [-0.15, -0.1) is 0 Å². The zero-order chi connectivity index (χ0) is 10.6. The van der Waals surface area contributed by atoms with E-state index in [2.05, 4.69) is 32.6 Å². The summed E-state index contributed by atoms with van der Waals surface area (Å²) in [6.07, 6.45) is 2.17. The second-order valence-corrected chi connectivity index (χ2v) is 6.93. The van der Waals surface area contributed by atoms with Crippen LogP contribution in [0.4, 0.5) is 0 Å². The van der Waals surface area contributed by atoms with E-state index in [4.69, 9.17) is 0 Å². The molecule has 84 valence electrons. The Balaban J connectivity index is 2.26. The van der Waals surface area contributed by atoms with Gasteiger partial charge in [-0.25, -0.2) is 13.1 Å². The van der Waals surface area contributed by atoms with E-state index in [1.54, 1.807) is 0 Å². The summed E-state index contributed by atoms with van der Waals surface area (Å²) in [5.74, 6) is 0.500. The predicted octanol–water partition coefficient (Wildman–Crippen LogP) is 0.600. The minimum Gasteiger partial charge on any atom is -0.306 e. The average molecular weight is 285 g/mol. The van der Waals surface area contributed by atoms with Crippen LogP contribution in [-0.4, -0.2) is 44.7 Å². The summed E-state index contributed by atoms with van der Waals surface area (Å²) in [6, 6.07) is 0. The molecule has 0 saturated carbocycles. The molecule has 1 aliphatic rings. The Hall–Kier alpha value is 0.350. The molecule has 1 rings (SSSR count). The van der Waals surface area contributed by atoms with Gasteiger partial charge in [-0.3, -0.25) is 0 Å². The Morgan fingerprint density at radius 1 is 1.43 bits per heavy atom. The van der Waals surface area contributed by atoms with Gasteiger partial charge >= 0.3 is 0 Å². The maximum absolute atomic E-state index is 11.1. The lowest BCUT2D eigenvalue weighted by Crippen LogP contribution is -2.37. The standard InChI is InChI=1S/C8H17BrN2O2S/c1-11-4-2-8(3-5-11)6-10-14(12,13)7-9/h8,10H,2-7H2,1H3. The first-order valence-corrected chi connectivity index (χ1v) is 7.53. The molecule has 0 bridgehead atoms. The molecule has 1 N–H and O–H groups in total. The number of hydrogen-bond acceptors (Lipinski definition) is 3.